The zero-order valence-electron chi connectivity index (χ0n) is 10.1. The van der Waals surface area contributed by atoms with Crippen LogP contribution in [0.4, 0.5) is 0 Å². The molecule has 0 aromatic carbocycles. The van der Waals surface area contributed by atoms with Crippen LogP contribution in [0, 0.1) is 0 Å². The number of thioether (sulfide) groups is 1. The highest BCUT2D eigenvalue weighted by Gasteiger charge is 2.45. The molecule has 1 aromatic heterocycles. The van der Waals surface area contributed by atoms with E-state index in [0.29, 0.717) is 18.6 Å². The maximum Gasteiger partial charge on any atom is 0.329 e. The fraction of sp³-hybridized carbons (Fsp3) is 0.500. The van der Waals surface area contributed by atoms with Crippen LogP contribution in [0.1, 0.15) is 24.1 Å². The highest BCUT2D eigenvalue weighted by atomic mass is 35.5. The molecule has 0 radical (unpaired) electrons. The Morgan fingerprint density at radius 3 is 2.68 bits per heavy atom. The van der Waals surface area contributed by atoms with E-state index in [1.807, 2.05) is 12.1 Å². The molecule has 0 saturated heterocycles. The van der Waals surface area contributed by atoms with Gasteiger partial charge in [0.05, 0.1) is 10.1 Å². The van der Waals surface area contributed by atoms with Crippen molar-refractivity contribution in [1.29, 1.82) is 0 Å². The van der Waals surface area contributed by atoms with Crippen LogP contribution in [0.15, 0.2) is 12.1 Å². The number of halogens is 1. The Bertz CT molecular complexity index is 485. The Morgan fingerprint density at radius 2 is 2.21 bits per heavy atom. The summed E-state index contributed by atoms with van der Waals surface area (Å²) in [4.78, 5) is 23.9. The Morgan fingerprint density at radius 1 is 1.47 bits per heavy atom. The Balaban J connectivity index is 1.74. The molecule has 19 heavy (non-hydrogen) atoms. The number of carbonyl (C=O) groups is 2. The van der Waals surface area contributed by atoms with Crippen LogP contribution in [0.3, 0.4) is 0 Å². The fourth-order valence-electron chi connectivity index (χ4n) is 1.90. The summed E-state index contributed by atoms with van der Waals surface area (Å²) < 4.78 is 0.736. The van der Waals surface area contributed by atoms with Gasteiger partial charge in [-0.2, -0.15) is 0 Å². The minimum atomic E-state index is -1.01. The molecule has 1 heterocycles. The Labute approximate surface area is 124 Å². The van der Waals surface area contributed by atoms with Gasteiger partial charge < -0.3 is 10.4 Å². The van der Waals surface area contributed by atoms with Gasteiger partial charge in [0, 0.05) is 10.6 Å². The summed E-state index contributed by atoms with van der Waals surface area (Å²) in [6.45, 7) is 0. The van der Waals surface area contributed by atoms with Crippen molar-refractivity contribution in [3.05, 3.63) is 21.3 Å². The second-order valence-electron chi connectivity index (χ2n) is 4.49. The largest absolute Gasteiger partial charge is 0.480 e. The van der Waals surface area contributed by atoms with Gasteiger partial charge in [-0.1, -0.05) is 11.6 Å². The van der Waals surface area contributed by atoms with Crippen molar-refractivity contribution in [3.63, 3.8) is 0 Å². The molecule has 1 fully saturated rings. The number of carboxylic acid groups (broad SMARTS) is 1. The van der Waals surface area contributed by atoms with Gasteiger partial charge in [0.15, 0.2) is 0 Å². The van der Waals surface area contributed by atoms with Gasteiger partial charge in [-0.3, -0.25) is 4.79 Å². The third kappa shape index (κ3) is 3.64. The van der Waals surface area contributed by atoms with Crippen molar-refractivity contribution in [3.8, 4) is 0 Å². The van der Waals surface area contributed by atoms with Gasteiger partial charge in [0.2, 0.25) is 5.91 Å². The first-order valence-corrected chi connectivity index (χ1v) is 8.23. The molecule has 1 amide bonds. The molecule has 1 aliphatic rings. The molecule has 1 aromatic rings. The first-order valence-electron chi connectivity index (χ1n) is 5.88. The van der Waals surface area contributed by atoms with Crippen LogP contribution >= 0.6 is 34.7 Å². The van der Waals surface area contributed by atoms with Crippen LogP contribution in [-0.2, 0) is 15.3 Å². The number of carbonyl (C=O) groups excluding carboxylic acids is 1. The predicted octanol–water partition coefficient (Wildman–Crippen LogP) is 2.76. The lowest BCUT2D eigenvalue weighted by Crippen LogP contribution is -2.59. The van der Waals surface area contributed by atoms with E-state index in [1.165, 1.54) is 23.1 Å². The van der Waals surface area contributed by atoms with Crippen LogP contribution in [0.5, 0.6) is 0 Å². The third-order valence-electron chi connectivity index (χ3n) is 3.10. The van der Waals surface area contributed by atoms with E-state index in [0.717, 1.165) is 15.6 Å². The highest BCUT2D eigenvalue weighted by Crippen LogP contribution is 2.32. The van der Waals surface area contributed by atoms with Crippen molar-refractivity contribution in [2.75, 3.05) is 5.75 Å². The molecular formula is C12H14ClNO3S2. The number of nitrogens with one attached hydrogen (secondary N) is 1. The van der Waals surface area contributed by atoms with Crippen LogP contribution in [0.25, 0.3) is 0 Å². The first-order chi connectivity index (χ1) is 9.02. The molecule has 1 aliphatic carbocycles. The van der Waals surface area contributed by atoms with Crippen molar-refractivity contribution in [2.24, 2.45) is 0 Å². The minimum absolute atomic E-state index is 0.213. The highest BCUT2D eigenvalue weighted by molar-refractivity contribution is 7.99. The number of amides is 1. The summed E-state index contributed by atoms with van der Waals surface area (Å²) in [5.74, 6) is -0.160. The van der Waals surface area contributed by atoms with Crippen LogP contribution in [-0.4, -0.2) is 28.3 Å². The van der Waals surface area contributed by atoms with E-state index in [2.05, 4.69) is 5.32 Å². The van der Waals surface area contributed by atoms with Crippen LogP contribution < -0.4 is 5.32 Å². The van der Waals surface area contributed by atoms with E-state index in [9.17, 15) is 9.59 Å². The molecule has 0 aliphatic heterocycles. The average Bonchev–Trinajstić information content (AvgIpc) is 2.69. The van der Waals surface area contributed by atoms with E-state index >= 15 is 0 Å². The zero-order valence-corrected chi connectivity index (χ0v) is 12.5. The van der Waals surface area contributed by atoms with Crippen molar-refractivity contribution < 1.29 is 14.7 Å². The molecular weight excluding hydrogens is 306 g/mol. The monoisotopic (exact) mass is 319 g/mol. The van der Waals surface area contributed by atoms with Crippen molar-refractivity contribution in [1.82, 2.24) is 5.32 Å². The Hall–Kier alpha value is -0.720. The van der Waals surface area contributed by atoms with Crippen LogP contribution in [0.2, 0.25) is 4.34 Å². The average molecular weight is 320 g/mol. The minimum Gasteiger partial charge on any atom is -0.480 e. The summed E-state index contributed by atoms with van der Waals surface area (Å²) in [5, 5.41) is 11.7. The summed E-state index contributed by atoms with van der Waals surface area (Å²) in [7, 11) is 0. The second kappa shape index (κ2) is 6.15. The molecule has 0 unspecified atom stereocenters. The lowest BCUT2D eigenvalue weighted by Gasteiger charge is -2.38. The standard InChI is InChI=1S/C12H14ClNO3S2/c13-9-3-2-8(19-9)6-18-7-10(15)14-12(11(16)17)4-1-5-12/h2-3H,1,4-7H2,(H,14,15)(H,16,17). The molecule has 7 heteroatoms. The molecule has 104 valence electrons. The third-order valence-corrected chi connectivity index (χ3v) is 5.50. The van der Waals surface area contributed by atoms with Gasteiger partial charge in [-0.15, -0.1) is 23.1 Å². The summed E-state index contributed by atoms with van der Waals surface area (Å²) in [5.41, 5.74) is -1.01. The lowest BCUT2D eigenvalue weighted by molar-refractivity contribution is -0.151. The number of aliphatic carboxylic acids is 1. The van der Waals surface area contributed by atoms with Gasteiger partial charge >= 0.3 is 5.97 Å². The van der Waals surface area contributed by atoms with Gasteiger partial charge in [0.1, 0.15) is 5.54 Å². The molecule has 0 spiro atoms. The maximum atomic E-state index is 11.7. The molecule has 2 rings (SSSR count). The van der Waals surface area contributed by atoms with E-state index in [-0.39, 0.29) is 11.7 Å². The number of carboxylic acids is 1. The molecule has 4 nitrogen and oxygen atoms in total. The fourth-order valence-corrected chi connectivity index (χ4v) is 3.92. The van der Waals surface area contributed by atoms with E-state index in [1.54, 1.807) is 0 Å². The molecule has 0 atom stereocenters. The first kappa shape index (κ1) is 14.7. The zero-order chi connectivity index (χ0) is 13.9. The van der Waals surface area contributed by atoms with Gasteiger partial charge in [0.25, 0.3) is 0 Å². The van der Waals surface area contributed by atoms with Gasteiger partial charge in [-0.05, 0) is 31.4 Å². The second-order valence-corrected chi connectivity index (χ2v) is 7.27. The van der Waals surface area contributed by atoms with E-state index in [4.69, 9.17) is 16.7 Å². The quantitative estimate of drug-likeness (QED) is 0.846. The topological polar surface area (TPSA) is 66.4 Å². The van der Waals surface area contributed by atoms with Gasteiger partial charge in [-0.25, -0.2) is 4.79 Å². The smallest absolute Gasteiger partial charge is 0.329 e. The SMILES string of the molecule is O=C(CSCc1ccc(Cl)s1)NC1(C(=O)O)CCC1. The van der Waals surface area contributed by atoms with Crippen molar-refractivity contribution in [2.45, 2.75) is 30.6 Å². The Kier molecular flexibility index (Phi) is 4.76. The lowest BCUT2D eigenvalue weighted by atomic mass is 9.77. The summed E-state index contributed by atoms with van der Waals surface area (Å²) >= 11 is 8.77. The number of hydrogen-bond donors (Lipinski definition) is 2. The number of rotatable bonds is 6. The normalized spacial score (nSPS) is 16.7. The molecule has 1 saturated carbocycles. The maximum absolute atomic E-state index is 11.7. The molecule has 0 bridgehead atoms. The summed E-state index contributed by atoms with van der Waals surface area (Å²) in [6.07, 6.45) is 1.91. The number of thiophene rings is 1. The number of hydrogen-bond acceptors (Lipinski definition) is 4. The van der Waals surface area contributed by atoms with E-state index < -0.39 is 11.5 Å². The molecule has 2 N–H and O–H groups in total. The van der Waals surface area contributed by atoms with Crippen molar-refractivity contribution >= 4 is 46.6 Å². The predicted molar refractivity (Wildman–Crippen MR) is 77.9 cm³/mol. The summed E-state index contributed by atoms with van der Waals surface area (Å²) in [6, 6.07) is 3.76.